The number of amides is 3. The van der Waals surface area contributed by atoms with Crippen LogP contribution in [0.25, 0.3) is 11.6 Å². The lowest BCUT2D eigenvalue weighted by Gasteiger charge is -2.46. The molecule has 3 aliphatic rings. The Morgan fingerprint density at radius 2 is 1.57 bits per heavy atom. The molecule has 10 nitrogen and oxygen atoms in total. The van der Waals surface area contributed by atoms with Gasteiger partial charge in [0, 0.05) is 6.20 Å². The van der Waals surface area contributed by atoms with Gasteiger partial charge in [-0.15, -0.1) is 0 Å². The number of aromatic nitrogens is 1. The minimum Gasteiger partial charge on any atom is -0.507 e. The highest BCUT2D eigenvalue weighted by Gasteiger charge is 2.60. The van der Waals surface area contributed by atoms with Crippen molar-refractivity contribution in [2.24, 2.45) is 17.8 Å². The van der Waals surface area contributed by atoms with E-state index in [4.69, 9.17) is 13.8 Å². The van der Waals surface area contributed by atoms with E-state index in [1.807, 2.05) is 80.6 Å². The van der Waals surface area contributed by atoms with E-state index < -0.39 is 57.2 Å². The smallest absolute Gasteiger partial charge is 0.455 e. The second-order valence-corrected chi connectivity index (χ2v) is 21.0. The van der Waals surface area contributed by atoms with Gasteiger partial charge in [0.05, 0.1) is 37.4 Å². The zero-order chi connectivity index (χ0) is 41.4. The second kappa shape index (κ2) is 16.6. The monoisotopic (exact) mass is 798 g/mol. The molecule has 300 valence electrons. The van der Waals surface area contributed by atoms with Gasteiger partial charge in [0.1, 0.15) is 5.75 Å². The largest absolute Gasteiger partial charge is 0.507 e. The number of phenolic OH excluding ortho intramolecular Hbond substituents is 1. The molecular formula is C46H51BN2O8Si. The van der Waals surface area contributed by atoms with Gasteiger partial charge < -0.3 is 23.9 Å². The first-order chi connectivity index (χ1) is 27.7. The molecule has 0 radical (unpaired) electrons. The molecule has 58 heavy (non-hydrogen) atoms. The molecule has 3 heterocycles. The van der Waals surface area contributed by atoms with E-state index in [-0.39, 0.29) is 30.1 Å². The fourth-order valence-corrected chi connectivity index (χ4v) is 14.1. The normalized spacial score (nSPS) is 21.3. The van der Waals surface area contributed by atoms with E-state index >= 15 is 0 Å². The van der Waals surface area contributed by atoms with Gasteiger partial charge in [-0.1, -0.05) is 87.5 Å². The Kier molecular flexibility index (Phi) is 11.8. The van der Waals surface area contributed by atoms with Gasteiger partial charge in [-0.25, -0.2) is 4.79 Å². The first kappa shape index (κ1) is 41.0. The molecule has 4 aromatic rings. The predicted molar refractivity (Wildman–Crippen MR) is 227 cm³/mol. The van der Waals surface area contributed by atoms with E-state index in [2.05, 4.69) is 56.1 Å². The van der Waals surface area contributed by atoms with Gasteiger partial charge in [-0.3, -0.25) is 14.6 Å². The van der Waals surface area contributed by atoms with Crippen LogP contribution in [0.1, 0.15) is 62.4 Å². The number of pyridine rings is 1. The number of nitrogens with zero attached hydrogens (tertiary/aromatic N) is 2. The van der Waals surface area contributed by atoms with E-state index in [1.54, 1.807) is 6.20 Å². The molecule has 3 amide bonds. The molecule has 2 N–H and O–H groups in total. The first-order valence-corrected chi connectivity index (χ1v) is 21.8. The van der Waals surface area contributed by atoms with Gasteiger partial charge in [0.15, 0.2) is 0 Å². The fourth-order valence-electron chi connectivity index (χ4n) is 9.51. The molecule has 4 atom stereocenters. The number of hydrogen-bond donors (Lipinski definition) is 2. The number of carbonyl (C=O) groups is 3. The number of hydrogen-bond acceptors (Lipinski definition) is 9. The van der Waals surface area contributed by atoms with Gasteiger partial charge in [0.25, 0.3) is 8.32 Å². The number of allylic oxidation sites excluding steroid dienone is 1. The number of imide groups is 3. The third kappa shape index (κ3) is 7.62. The van der Waals surface area contributed by atoms with Gasteiger partial charge in [0.2, 0.25) is 11.8 Å². The van der Waals surface area contributed by atoms with E-state index in [9.17, 15) is 24.5 Å². The summed E-state index contributed by atoms with van der Waals surface area (Å²) in [6.45, 7) is 10.5. The van der Waals surface area contributed by atoms with Crippen molar-refractivity contribution in [1.82, 2.24) is 9.88 Å². The summed E-state index contributed by atoms with van der Waals surface area (Å²) in [6.07, 6.45) is 3.34. The van der Waals surface area contributed by atoms with Crippen LogP contribution in [0.5, 0.6) is 5.75 Å². The lowest BCUT2D eigenvalue weighted by atomic mass is 9.58. The molecule has 12 heteroatoms. The summed E-state index contributed by atoms with van der Waals surface area (Å²) in [4.78, 5) is 46.3. The quantitative estimate of drug-likeness (QED) is 0.100. The lowest BCUT2D eigenvalue weighted by molar-refractivity contribution is -0.137. The Hall–Kier alpha value is -5.14. The van der Waals surface area contributed by atoms with Crippen LogP contribution in [0.15, 0.2) is 108 Å². The number of aromatic hydroxyl groups is 1. The number of phenols is 1. The average molecular weight is 799 g/mol. The van der Waals surface area contributed by atoms with Gasteiger partial charge in [-0.2, -0.15) is 4.90 Å². The van der Waals surface area contributed by atoms with E-state index in [0.29, 0.717) is 17.7 Å². The number of fused-ring (bicyclic) bond motifs is 3. The first-order valence-electron chi connectivity index (χ1n) is 19.9. The summed E-state index contributed by atoms with van der Waals surface area (Å²) in [5.41, 5.74) is 5.82. The van der Waals surface area contributed by atoms with Crippen molar-refractivity contribution in [3.05, 3.63) is 131 Å². The fraction of sp³-hybridized carbons (Fsp3) is 0.348. The van der Waals surface area contributed by atoms with Crippen molar-refractivity contribution in [2.75, 3.05) is 13.7 Å². The summed E-state index contributed by atoms with van der Waals surface area (Å²) >= 11 is 0. The molecule has 1 aliphatic carbocycles. The molecule has 2 saturated heterocycles. The third-order valence-electron chi connectivity index (χ3n) is 12.1. The van der Waals surface area contributed by atoms with E-state index in [1.165, 1.54) is 0 Å². The molecule has 0 saturated carbocycles. The van der Waals surface area contributed by atoms with Gasteiger partial charge >= 0.3 is 13.2 Å². The average Bonchev–Trinajstić information content (AvgIpc) is 3.47. The standard InChI is InChI=1S/C46H51BN2O8Si/c1-29-23-31(24-30(2)42(29)50)25-32(38-19-13-14-22-48-38)20-21-39-40-33(26-36-41(37(40)27-47(54)57-39)44(52)49(43(36)51)45(53)55-6)28-56-58(46(3,4)5,34-15-9-7-10-16-34)35-17-11-8-12-18-35/h7-19,22-25,36-37,39,41,50,54H,20-21,26-28H2,1-6H3/b32-25-/t36-,37+,39-,41-/m1/s1. The van der Waals surface area contributed by atoms with Crippen molar-refractivity contribution in [2.45, 2.75) is 71.3 Å². The minimum absolute atomic E-state index is 0.0821. The SMILES string of the molecule is COC(=O)N1C(=O)[C@@H]2[C@@H](CC(CO[Si](c3ccccc3)(c3ccccc3)C(C)(C)C)=C3[C@@H](CC/C(=C/c4cc(C)c(O)c(C)c4)c4ccccn4)OB(O)C[C@@H]32)C1=O. The Morgan fingerprint density at radius 3 is 2.14 bits per heavy atom. The summed E-state index contributed by atoms with van der Waals surface area (Å²) < 4.78 is 18.8. The molecular weight excluding hydrogens is 747 g/mol. The highest BCUT2D eigenvalue weighted by molar-refractivity contribution is 6.99. The summed E-state index contributed by atoms with van der Waals surface area (Å²) in [5.74, 6) is -3.23. The summed E-state index contributed by atoms with van der Waals surface area (Å²) in [6, 6.07) is 30.2. The molecule has 3 aromatic carbocycles. The number of aryl methyl sites for hydroxylation is 2. The van der Waals surface area contributed by atoms with Crippen molar-refractivity contribution in [3.8, 4) is 5.75 Å². The lowest BCUT2D eigenvalue weighted by Crippen LogP contribution is -2.66. The number of rotatable bonds is 10. The van der Waals surface area contributed by atoms with Crippen LogP contribution in [0.4, 0.5) is 4.79 Å². The van der Waals surface area contributed by atoms with Crippen LogP contribution in [0.3, 0.4) is 0 Å². The van der Waals surface area contributed by atoms with Crippen LogP contribution in [0, 0.1) is 31.6 Å². The zero-order valence-corrected chi connectivity index (χ0v) is 35.0. The third-order valence-corrected chi connectivity index (χ3v) is 17.1. The maximum Gasteiger partial charge on any atom is 0.455 e. The summed E-state index contributed by atoms with van der Waals surface area (Å²) in [7, 11) is -3.12. The molecule has 2 fully saturated rings. The van der Waals surface area contributed by atoms with E-state index in [0.717, 1.165) is 56.6 Å². The van der Waals surface area contributed by atoms with Crippen LogP contribution in [0.2, 0.25) is 11.4 Å². The molecule has 0 spiro atoms. The maximum atomic E-state index is 14.1. The van der Waals surface area contributed by atoms with Crippen molar-refractivity contribution >= 4 is 55.4 Å². The number of carbonyl (C=O) groups excluding carboxylic acids is 3. The molecule has 7 rings (SSSR count). The van der Waals surface area contributed by atoms with Crippen LogP contribution in [-0.4, -0.2) is 73.2 Å². The van der Waals surface area contributed by atoms with Crippen LogP contribution < -0.4 is 10.4 Å². The van der Waals surface area contributed by atoms with Crippen molar-refractivity contribution in [3.63, 3.8) is 0 Å². The Bertz CT molecular complexity index is 2180. The predicted octanol–water partition coefficient (Wildman–Crippen LogP) is 6.86. The molecule has 2 aliphatic heterocycles. The van der Waals surface area contributed by atoms with Crippen LogP contribution >= 0.6 is 0 Å². The van der Waals surface area contributed by atoms with Crippen molar-refractivity contribution < 1.29 is 38.3 Å². The molecule has 1 aromatic heterocycles. The highest BCUT2D eigenvalue weighted by atomic mass is 28.4. The van der Waals surface area contributed by atoms with Crippen molar-refractivity contribution in [1.29, 1.82) is 0 Å². The number of ether oxygens (including phenoxy) is 1. The Morgan fingerprint density at radius 1 is 0.948 bits per heavy atom. The summed E-state index contributed by atoms with van der Waals surface area (Å²) in [5, 5.41) is 23.7. The number of methoxy groups -OCH3 is 1. The minimum atomic E-state index is -3.06. The topological polar surface area (TPSA) is 135 Å². The van der Waals surface area contributed by atoms with Crippen LogP contribution in [-0.2, 0) is 23.4 Å². The second-order valence-electron chi connectivity index (χ2n) is 16.7. The van der Waals surface area contributed by atoms with Gasteiger partial charge in [-0.05, 0) is 125 Å². The highest BCUT2D eigenvalue weighted by Crippen LogP contribution is 2.51. The Labute approximate surface area is 341 Å². The molecule has 0 unspecified atom stereocenters. The maximum absolute atomic E-state index is 14.1. The number of benzene rings is 3. The molecule has 0 bridgehead atoms. The zero-order valence-electron chi connectivity index (χ0n) is 34.0. The number of likely N-dealkylation sites (tertiary alicyclic amines) is 1. The Balaban J connectivity index is 1.33.